The summed E-state index contributed by atoms with van der Waals surface area (Å²) in [7, 11) is 0. The highest BCUT2D eigenvalue weighted by molar-refractivity contribution is 8.17. The highest BCUT2D eigenvalue weighted by atomic mass is 32.2. The summed E-state index contributed by atoms with van der Waals surface area (Å²) in [6, 6.07) is 26.2. The molecule has 0 spiro atoms. The van der Waals surface area contributed by atoms with Crippen molar-refractivity contribution in [1.29, 1.82) is 5.41 Å². The van der Waals surface area contributed by atoms with Crippen LogP contribution in [0.1, 0.15) is 37.5 Å². The third-order valence-corrected chi connectivity index (χ3v) is 7.95. The Kier molecular flexibility index (Phi) is 6.68. The minimum absolute atomic E-state index is 0.101. The molecule has 1 N–H and O–H groups in total. The van der Waals surface area contributed by atoms with E-state index in [-0.39, 0.29) is 16.8 Å². The van der Waals surface area contributed by atoms with Gasteiger partial charge in [-0.1, -0.05) is 93.2 Å². The third kappa shape index (κ3) is 4.89. The first-order valence-corrected chi connectivity index (χ1v) is 14.1. The summed E-state index contributed by atoms with van der Waals surface area (Å²) in [5, 5.41) is 12.5. The zero-order valence-electron chi connectivity index (χ0n) is 22.7. The lowest BCUT2D eigenvalue weighted by Crippen LogP contribution is -2.38. The van der Waals surface area contributed by atoms with Crippen molar-refractivity contribution in [2.45, 2.75) is 32.7 Å². The number of hydrogen-bond acceptors (Lipinski definition) is 4. The van der Waals surface area contributed by atoms with Gasteiger partial charge in [0.05, 0.1) is 17.8 Å². The second-order valence-electron chi connectivity index (χ2n) is 10.8. The Bertz CT molecular complexity index is 1710. The van der Waals surface area contributed by atoms with Gasteiger partial charge in [-0.2, -0.15) is 4.99 Å². The number of ether oxygens (including phenoxy) is 1. The predicted molar refractivity (Wildman–Crippen MR) is 165 cm³/mol. The van der Waals surface area contributed by atoms with E-state index in [0.717, 1.165) is 33.5 Å². The van der Waals surface area contributed by atoms with Gasteiger partial charge in [-0.15, -0.1) is 0 Å². The van der Waals surface area contributed by atoms with E-state index in [0.29, 0.717) is 18.3 Å². The standard InChI is InChI=1S/C33H30N4O2S/c1-33(2,3)24-13-15-25(16-14-24)39-18-17-36-20-23(26-11-7-8-12-28(26)36)19-27-30(34)37-29(22-9-5-4-6-10-22)21-40-32(37)35-31(27)38/h4-16,19-21,34H,17-18H2,1-3H3. The van der Waals surface area contributed by atoms with Gasteiger partial charge in [-0.25, -0.2) is 0 Å². The van der Waals surface area contributed by atoms with E-state index in [4.69, 9.17) is 10.1 Å². The van der Waals surface area contributed by atoms with Crippen molar-refractivity contribution in [1.82, 2.24) is 9.47 Å². The number of amides is 1. The van der Waals surface area contributed by atoms with Crippen LogP contribution in [0, 0.1) is 5.41 Å². The molecular weight excluding hydrogens is 516 g/mol. The molecule has 40 heavy (non-hydrogen) atoms. The molecule has 2 aliphatic heterocycles. The number of carbonyl (C=O) groups is 1. The van der Waals surface area contributed by atoms with Gasteiger partial charge >= 0.3 is 0 Å². The van der Waals surface area contributed by atoms with Gasteiger partial charge in [0.25, 0.3) is 5.91 Å². The van der Waals surface area contributed by atoms with E-state index in [1.165, 1.54) is 17.3 Å². The maximum atomic E-state index is 13.1. The Balaban J connectivity index is 1.25. The first-order chi connectivity index (χ1) is 19.3. The van der Waals surface area contributed by atoms with Crippen LogP contribution in [-0.2, 0) is 16.8 Å². The molecule has 0 saturated carbocycles. The second-order valence-corrected chi connectivity index (χ2v) is 11.7. The zero-order chi connectivity index (χ0) is 27.9. The molecule has 1 aromatic heterocycles. The summed E-state index contributed by atoms with van der Waals surface area (Å²) in [6.45, 7) is 7.74. The van der Waals surface area contributed by atoms with Gasteiger partial charge in [0.2, 0.25) is 0 Å². The number of carbonyl (C=O) groups excluding carboxylic acids is 1. The summed E-state index contributed by atoms with van der Waals surface area (Å²) in [4.78, 5) is 19.1. The number of aliphatic imine (C=N–C) groups is 1. The molecule has 0 aliphatic carbocycles. The normalized spacial score (nSPS) is 16.4. The highest BCUT2D eigenvalue weighted by Gasteiger charge is 2.36. The monoisotopic (exact) mass is 546 g/mol. The molecule has 200 valence electrons. The van der Waals surface area contributed by atoms with E-state index in [1.54, 1.807) is 11.0 Å². The number of fused-ring (bicyclic) bond motifs is 2. The first-order valence-electron chi connectivity index (χ1n) is 13.3. The lowest BCUT2D eigenvalue weighted by Gasteiger charge is -2.26. The number of amidine groups is 2. The van der Waals surface area contributed by atoms with Crippen LogP contribution in [0.3, 0.4) is 0 Å². The molecule has 0 atom stereocenters. The van der Waals surface area contributed by atoms with E-state index < -0.39 is 5.91 Å². The minimum atomic E-state index is -0.398. The molecule has 0 radical (unpaired) electrons. The van der Waals surface area contributed by atoms with Gasteiger partial charge in [-0.05, 0) is 40.8 Å². The van der Waals surface area contributed by atoms with Gasteiger partial charge in [0.1, 0.15) is 18.2 Å². The summed E-state index contributed by atoms with van der Waals surface area (Å²) in [6.07, 6.45) is 3.82. The average Bonchev–Trinajstić information content (AvgIpc) is 3.53. The third-order valence-electron chi connectivity index (χ3n) is 7.12. The molecule has 0 bridgehead atoms. The quantitative estimate of drug-likeness (QED) is 0.257. The van der Waals surface area contributed by atoms with Crippen molar-refractivity contribution >= 4 is 51.3 Å². The van der Waals surface area contributed by atoms with Crippen molar-refractivity contribution < 1.29 is 9.53 Å². The molecule has 3 aromatic carbocycles. The van der Waals surface area contributed by atoms with E-state index >= 15 is 0 Å². The maximum absolute atomic E-state index is 13.1. The van der Waals surface area contributed by atoms with Gasteiger partial charge < -0.3 is 9.30 Å². The van der Waals surface area contributed by atoms with Crippen LogP contribution in [0.15, 0.2) is 101 Å². The van der Waals surface area contributed by atoms with Gasteiger partial charge in [0.15, 0.2) is 5.17 Å². The van der Waals surface area contributed by atoms with Gasteiger partial charge in [-0.3, -0.25) is 15.1 Å². The average molecular weight is 547 g/mol. The summed E-state index contributed by atoms with van der Waals surface area (Å²) in [5.41, 5.74) is 5.38. The number of benzene rings is 3. The van der Waals surface area contributed by atoms with E-state index in [9.17, 15) is 4.79 Å². The Morgan fingerprint density at radius 3 is 2.45 bits per heavy atom. The summed E-state index contributed by atoms with van der Waals surface area (Å²) < 4.78 is 8.20. The van der Waals surface area contributed by atoms with Crippen molar-refractivity contribution in [2.75, 3.05) is 6.61 Å². The van der Waals surface area contributed by atoms with Crippen LogP contribution in [0.2, 0.25) is 0 Å². The molecule has 0 saturated heterocycles. The smallest absolute Gasteiger partial charge is 0.283 e. The number of nitrogens with zero attached hydrogens (tertiary/aromatic N) is 3. The number of para-hydroxylation sites is 1. The molecule has 6 rings (SSSR count). The molecule has 0 unspecified atom stereocenters. The summed E-state index contributed by atoms with van der Waals surface area (Å²) in [5.74, 6) is 0.576. The van der Waals surface area contributed by atoms with Crippen LogP contribution in [0.5, 0.6) is 5.75 Å². The fourth-order valence-electron chi connectivity index (χ4n) is 4.96. The molecule has 4 aromatic rings. The number of rotatable bonds is 6. The maximum Gasteiger partial charge on any atom is 0.283 e. The second kappa shape index (κ2) is 10.3. The zero-order valence-corrected chi connectivity index (χ0v) is 23.5. The molecule has 2 aliphatic rings. The number of thioether (sulfide) groups is 1. The summed E-state index contributed by atoms with van der Waals surface area (Å²) >= 11 is 1.37. The molecule has 1 amide bonds. The fourth-order valence-corrected chi connectivity index (χ4v) is 5.85. The minimum Gasteiger partial charge on any atom is -0.492 e. The topological polar surface area (TPSA) is 70.7 Å². The van der Waals surface area contributed by atoms with E-state index in [1.807, 2.05) is 72.3 Å². The first kappa shape index (κ1) is 25.9. The van der Waals surface area contributed by atoms with E-state index in [2.05, 4.69) is 48.5 Å². The van der Waals surface area contributed by atoms with Crippen molar-refractivity contribution in [3.05, 3.63) is 113 Å². The lowest BCUT2D eigenvalue weighted by atomic mass is 9.87. The predicted octanol–water partition coefficient (Wildman–Crippen LogP) is 7.32. The number of aromatic nitrogens is 1. The fraction of sp³-hybridized carbons (Fsp3) is 0.182. The number of nitrogens with one attached hydrogen (secondary N) is 1. The van der Waals surface area contributed by atoms with Crippen LogP contribution in [-0.4, -0.2) is 33.0 Å². The van der Waals surface area contributed by atoms with Crippen LogP contribution in [0.25, 0.3) is 22.7 Å². The van der Waals surface area contributed by atoms with Gasteiger partial charge in [0, 0.05) is 28.1 Å². The molecule has 3 heterocycles. The SMILES string of the molecule is CC(C)(C)c1ccc(OCCn2cc(C=C3C(=N)N4C(c5ccccc5)=CSC4=NC3=O)c3ccccc32)cc1. The largest absolute Gasteiger partial charge is 0.492 e. The Morgan fingerprint density at radius 2 is 1.70 bits per heavy atom. The Labute approximate surface area is 238 Å². The Morgan fingerprint density at radius 1 is 0.975 bits per heavy atom. The molecule has 0 fully saturated rings. The molecule has 6 nitrogen and oxygen atoms in total. The highest BCUT2D eigenvalue weighted by Crippen LogP contribution is 2.37. The molecule has 7 heteroatoms. The molecular formula is C33H30N4O2S. The number of hydrogen-bond donors (Lipinski definition) is 1. The van der Waals surface area contributed by atoms with Crippen LogP contribution < -0.4 is 4.74 Å². The van der Waals surface area contributed by atoms with Crippen molar-refractivity contribution in [2.24, 2.45) is 4.99 Å². The van der Waals surface area contributed by atoms with Crippen molar-refractivity contribution in [3.8, 4) is 5.75 Å². The van der Waals surface area contributed by atoms with Crippen LogP contribution >= 0.6 is 11.8 Å². The lowest BCUT2D eigenvalue weighted by molar-refractivity contribution is -0.114. The van der Waals surface area contributed by atoms with Crippen molar-refractivity contribution in [3.63, 3.8) is 0 Å². The Hall–Kier alpha value is -4.36. The van der Waals surface area contributed by atoms with Crippen LogP contribution in [0.4, 0.5) is 0 Å².